The zero-order valence-electron chi connectivity index (χ0n) is 11.1. The van der Waals surface area contributed by atoms with E-state index in [1.54, 1.807) is 7.11 Å². The molecule has 19 heavy (non-hydrogen) atoms. The van der Waals surface area contributed by atoms with Crippen molar-refractivity contribution in [3.05, 3.63) is 33.8 Å². The second-order valence-corrected chi connectivity index (χ2v) is 5.51. The Kier molecular flexibility index (Phi) is 5.92. The van der Waals surface area contributed by atoms with Crippen LogP contribution < -0.4 is 0 Å². The van der Waals surface area contributed by atoms with E-state index in [0.29, 0.717) is 10.0 Å². The first-order chi connectivity index (χ1) is 9.20. The number of rotatable bonds is 5. The van der Waals surface area contributed by atoms with E-state index >= 15 is 0 Å². The number of methoxy groups -OCH3 is 1. The average molecular weight is 304 g/mol. The highest BCUT2D eigenvalue weighted by Gasteiger charge is 2.21. The number of morpholine rings is 1. The SMILES string of the molecule is COCC[C@H]1CN(Cc2cccc(Cl)c2Cl)CCO1. The van der Waals surface area contributed by atoms with Gasteiger partial charge in [-0.05, 0) is 18.1 Å². The highest BCUT2D eigenvalue weighted by atomic mass is 35.5. The number of hydrogen-bond donors (Lipinski definition) is 0. The van der Waals surface area contributed by atoms with E-state index < -0.39 is 0 Å². The van der Waals surface area contributed by atoms with Crippen LogP contribution in [0.4, 0.5) is 0 Å². The maximum absolute atomic E-state index is 6.22. The molecule has 0 saturated carbocycles. The van der Waals surface area contributed by atoms with Crippen LogP contribution in [-0.2, 0) is 16.0 Å². The molecule has 0 amide bonds. The monoisotopic (exact) mass is 303 g/mol. The summed E-state index contributed by atoms with van der Waals surface area (Å²) in [6.07, 6.45) is 1.17. The zero-order valence-corrected chi connectivity index (χ0v) is 12.6. The van der Waals surface area contributed by atoms with Crippen molar-refractivity contribution >= 4 is 23.2 Å². The minimum absolute atomic E-state index is 0.242. The van der Waals surface area contributed by atoms with Crippen molar-refractivity contribution in [2.24, 2.45) is 0 Å². The molecule has 1 aliphatic heterocycles. The quantitative estimate of drug-likeness (QED) is 0.833. The minimum atomic E-state index is 0.242. The third-order valence-corrected chi connectivity index (χ3v) is 4.15. The molecule has 1 aromatic rings. The van der Waals surface area contributed by atoms with Crippen molar-refractivity contribution in [3.8, 4) is 0 Å². The van der Waals surface area contributed by atoms with Gasteiger partial charge < -0.3 is 9.47 Å². The van der Waals surface area contributed by atoms with E-state index in [1.807, 2.05) is 18.2 Å². The lowest BCUT2D eigenvalue weighted by molar-refractivity contribution is -0.0432. The van der Waals surface area contributed by atoms with E-state index in [2.05, 4.69) is 4.90 Å². The van der Waals surface area contributed by atoms with Crippen LogP contribution in [0.3, 0.4) is 0 Å². The summed E-state index contributed by atoms with van der Waals surface area (Å²) in [6, 6.07) is 5.77. The van der Waals surface area contributed by atoms with Gasteiger partial charge in [0.2, 0.25) is 0 Å². The van der Waals surface area contributed by atoms with Crippen molar-refractivity contribution in [3.63, 3.8) is 0 Å². The van der Waals surface area contributed by atoms with E-state index in [0.717, 1.165) is 44.8 Å². The van der Waals surface area contributed by atoms with Gasteiger partial charge in [-0.25, -0.2) is 0 Å². The van der Waals surface area contributed by atoms with Crippen molar-refractivity contribution < 1.29 is 9.47 Å². The molecule has 1 atom stereocenters. The topological polar surface area (TPSA) is 21.7 Å². The van der Waals surface area contributed by atoms with E-state index in [1.165, 1.54) is 0 Å². The van der Waals surface area contributed by atoms with Gasteiger partial charge in [0, 0.05) is 33.4 Å². The molecular formula is C14H19Cl2NO2. The average Bonchev–Trinajstić information content (AvgIpc) is 2.42. The van der Waals surface area contributed by atoms with Gasteiger partial charge in [0.15, 0.2) is 0 Å². The molecule has 0 unspecified atom stereocenters. The van der Waals surface area contributed by atoms with Crippen LogP contribution in [0.2, 0.25) is 10.0 Å². The lowest BCUT2D eigenvalue weighted by Crippen LogP contribution is -2.42. The Bertz CT molecular complexity index is 414. The van der Waals surface area contributed by atoms with Crippen LogP contribution in [0.5, 0.6) is 0 Å². The third kappa shape index (κ3) is 4.33. The summed E-state index contributed by atoms with van der Waals surface area (Å²) in [5.74, 6) is 0. The number of hydrogen-bond acceptors (Lipinski definition) is 3. The first kappa shape index (κ1) is 15.1. The summed E-state index contributed by atoms with van der Waals surface area (Å²) in [5, 5.41) is 1.27. The molecule has 0 radical (unpaired) electrons. The molecule has 0 aliphatic carbocycles. The summed E-state index contributed by atoms with van der Waals surface area (Å²) < 4.78 is 10.8. The second-order valence-electron chi connectivity index (χ2n) is 4.72. The lowest BCUT2D eigenvalue weighted by atomic mass is 10.1. The molecule has 1 heterocycles. The smallest absolute Gasteiger partial charge is 0.0724 e. The molecule has 0 bridgehead atoms. The molecule has 2 rings (SSSR count). The number of ether oxygens (including phenoxy) is 2. The largest absolute Gasteiger partial charge is 0.385 e. The Balaban J connectivity index is 1.93. The second kappa shape index (κ2) is 7.46. The fourth-order valence-corrected chi connectivity index (χ4v) is 2.64. The molecular weight excluding hydrogens is 285 g/mol. The molecule has 1 saturated heterocycles. The molecule has 1 fully saturated rings. The van der Waals surface area contributed by atoms with Crippen molar-refractivity contribution in [1.29, 1.82) is 0 Å². The fourth-order valence-electron chi connectivity index (χ4n) is 2.26. The standard InChI is InChI=1S/C14H19Cl2NO2/c1-18-7-5-12-10-17(6-8-19-12)9-11-3-2-4-13(15)14(11)16/h2-4,12H,5-10H2,1H3/t12-/m0/s1. The van der Waals surface area contributed by atoms with Gasteiger partial charge in [-0.1, -0.05) is 35.3 Å². The molecule has 0 spiro atoms. The molecule has 1 aromatic carbocycles. The van der Waals surface area contributed by atoms with Crippen LogP contribution in [0.25, 0.3) is 0 Å². The Hall–Kier alpha value is -0.320. The maximum atomic E-state index is 6.22. The van der Waals surface area contributed by atoms with Gasteiger partial charge in [-0.2, -0.15) is 0 Å². The number of halogens is 2. The highest BCUT2D eigenvalue weighted by Crippen LogP contribution is 2.27. The van der Waals surface area contributed by atoms with Crippen LogP contribution in [0, 0.1) is 0 Å². The van der Waals surface area contributed by atoms with Crippen molar-refractivity contribution in [2.45, 2.75) is 19.1 Å². The van der Waals surface area contributed by atoms with Gasteiger partial charge in [-0.15, -0.1) is 0 Å². The fraction of sp³-hybridized carbons (Fsp3) is 0.571. The molecule has 1 aliphatic rings. The predicted molar refractivity (Wildman–Crippen MR) is 78.0 cm³/mol. The predicted octanol–water partition coefficient (Wildman–Crippen LogP) is 3.23. The molecule has 3 nitrogen and oxygen atoms in total. The summed E-state index contributed by atoms with van der Waals surface area (Å²) in [6.45, 7) is 4.13. The normalized spacial score (nSPS) is 20.7. The van der Waals surface area contributed by atoms with E-state index in [4.69, 9.17) is 32.7 Å². The Morgan fingerprint density at radius 1 is 1.42 bits per heavy atom. The number of nitrogens with zero attached hydrogens (tertiary/aromatic N) is 1. The van der Waals surface area contributed by atoms with Crippen LogP contribution in [-0.4, -0.2) is 44.4 Å². The summed E-state index contributed by atoms with van der Waals surface area (Å²) >= 11 is 12.3. The van der Waals surface area contributed by atoms with E-state index in [-0.39, 0.29) is 6.10 Å². The summed E-state index contributed by atoms with van der Waals surface area (Å²) in [7, 11) is 1.71. The first-order valence-corrected chi connectivity index (χ1v) is 7.22. The molecule has 0 aromatic heterocycles. The van der Waals surface area contributed by atoms with Crippen molar-refractivity contribution in [2.75, 3.05) is 33.4 Å². The van der Waals surface area contributed by atoms with Crippen molar-refractivity contribution in [1.82, 2.24) is 4.90 Å². The third-order valence-electron chi connectivity index (χ3n) is 3.29. The van der Waals surface area contributed by atoms with Gasteiger partial charge in [0.05, 0.1) is 22.8 Å². The lowest BCUT2D eigenvalue weighted by Gasteiger charge is -2.33. The first-order valence-electron chi connectivity index (χ1n) is 6.46. The molecule has 0 N–H and O–H groups in total. The summed E-state index contributed by atoms with van der Waals surface area (Å²) in [4.78, 5) is 2.35. The highest BCUT2D eigenvalue weighted by molar-refractivity contribution is 6.42. The van der Waals surface area contributed by atoms with Gasteiger partial charge in [0.25, 0.3) is 0 Å². The number of benzene rings is 1. The maximum Gasteiger partial charge on any atom is 0.0724 e. The molecule has 106 valence electrons. The van der Waals surface area contributed by atoms with Crippen LogP contribution in [0.1, 0.15) is 12.0 Å². The zero-order chi connectivity index (χ0) is 13.7. The van der Waals surface area contributed by atoms with Crippen LogP contribution in [0.15, 0.2) is 18.2 Å². The van der Waals surface area contributed by atoms with E-state index in [9.17, 15) is 0 Å². The summed E-state index contributed by atoms with van der Waals surface area (Å²) in [5.41, 5.74) is 1.07. The van der Waals surface area contributed by atoms with Crippen LogP contribution >= 0.6 is 23.2 Å². The Morgan fingerprint density at radius 2 is 2.26 bits per heavy atom. The molecule has 5 heteroatoms. The van der Waals surface area contributed by atoms with Gasteiger partial charge in [-0.3, -0.25) is 4.90 Å². The Labute approximate surface area is 124 Å². The minimum Gasteiger partial charge on any atom is -0.385 e. The van der Waals surface area contributed by atoms with Gasteiger partial charge >= 0.3 is 0 Å². The van der Waals surface area contributed by atoms with Gasteiger partial charge in [0.1, 0.15) is 0 Å². The Morgan fingerprint density at radius 3 is 3.05 bits per heavy atom.